The number of hydrogen-bond acceptors (Lipinski definition) is 0. The van der Waals surface area contributed by atoms with Gasteiger partial charge in [-0.1, -0.05) is 82.3 Å². The molecule has 92 valence electrons. The molecule has 0 heteroatoms. The summed E-state index contributed by atoms with van der Waals surface area (Å²) in [6.45, 7) is 10.1. The van der Waals surface area contributed by atoms with Crippen molar-refractivity contribution >= 4 is 0 Å². The molecule has 0 radical (unpaired) electrons. The van der Waals surface area contributed by atoms with E-state index in [9.17, 15) is 0 Å². The second-order valence-corrected chi connectivity index (χ2v) is 3.18. The van der Waals surface area contributed by atoms with E-state index in [0.29, 0.717) is 0 Å². The van der Waals surface area contributed by atoms with Crippen LogP contribution in [0.5, 0.6) is 0 Å². The van der Waals surface area contributed by atoms with Crippen molar-refractivity contribution in [1.82, 2.24) is 0 Å². The normalized spacial score (nSPS) is 8.29. The number of rotatable bonds is 1. The Labute approximate surface area is 106 Å². The predicted molar refractivity (Wildman–Crippen MR) is 79.3 cm³/mol. The van der Waals surface area contributed by atoms with Crippen molar-refractivity contribution in [3.05, 3.63) is 60.2 Å². The van der Waals surface area contributed by atoms with Crippen LogP contribution in [0.15, 0.2) is 54.6 Å². The molecule has 0 unspecified atom stereocenters. The van der Waals surface area contributed by atoms with Gasteiger partial charge in [-0.05, 0) is 23.6 Å². The zero-order valence-electron chi connectivity index (χ0n) is 11.7. The highest BCUT2D eigenvalue weighted by molar-refractivity contribution is 5.66. The van der Waals surface area contributed by atoms with E-state index in [0.717, 1.165) is 0 Å². The highest BCUT2D eigenvalue weighted by Gasteiger charge is 1.97. The summed E-state index contributed by atoms with van der Waals surface area (Å²) in [4.78, 5) is 0. The van der Waals surface area contributed by atoms with Gasteiger partial charge in [0.1, 0.15) is 0 Å². The van der Waals surface area contributed by atoms with Crippen molar-refractivity contribution in [2.45, 2.75) is 34.6 Å². The molecule has 2 aromatic carbocycles. The average Bonchev–Trinajstić information content (AvgIpc) is 2.45. The molecule has 0 spiro atoms. The first kappa shape index (κ1) is 15.4. The largest absolute Gasteiger partial charge is 0.0683 e. The molecule has 0 atom stereocenters. The van der Waals surface area contributed by atoms with Gasteiger partial charge in [0.25, 0.3) is 0 Å². The van der Waals surface area contributed by atoms with Gasteiger partial charge in [-0.25, -0.2) is 0 Å². The van der Waals surface area contributed by atoms with Crippen molar-refractivity contribution in [2.75, 3.05) is 0 Å². The second kappa shape index (κ2) is 9.65. The molecule has 0 aliphatic heterocycles. The summed E-state index contributed by atoms with van der Waals surface area (Å²) >= 11 is 0. The highest BCUT2D eigenvalue weighted by Crippen LogP contribution is 2.21. The average molecular weight is 228 g/mol. The van der Waals surface area contributed by atoms with Crippen LogP contribution < -0.4 is 0 Å². The third-order valence-electron chi connectivity index (χ3n) is 2.23. The maximum Gasteiger partial charge on any atom is -0.0155 e. The van der Waals surface area contributed by atoms with Gasteiger partial charge < -0.3 is 0 Å². The summed E-state index contributed by atoms with van der Waals surface area (Å²) in [5.41, 5.74) is 3.94. The zero-order valence-corrected chi connectivity index (χ0v) is 11.7. The maximum atomic E-state index is 2.16. The van der Waals surface area contributed by atoms with E-state index in [4.69, 9.17) is 0 Å². The van der Waals surface area contributed by atoms with Crippen LogP contribution in [0.4, 0.5) is 0 Å². The molecule has 0 aliphatic carbocycles. The topological polar surface area (TPSA) is 0 Å². The Hall–Kier alpha value is -1.56. The molecular formula is C17H24. The van der Waals surface area contributed by atoms with Crippen LogP contribution in [0.25, 0.3) is 11.1 Å². The summed E-state index contributed by atoms with van der Waals surface area (Å²) in [6, 6.07) is 18.9. The van der Waals surface area contributed by atoms with Gasteiger partial charge in [0, 0.05) is 0 Å². The fourth-order valence-electron chi connectivity index (χ4n) is 1.51. The summed E-state index contributed by atoms with van der Waals surface area (Å²) in [7, 11) is 0. The minimum Gasteiger partial charge on any atom is -0.0683 e. The lowest BCUT2D eigenvalue weighted by Gasteiger charge is -2.04. The standard InChI is InChI=1S/C13H12.2C2H6/c1-11-7-5-6-10-13(11)12-8-3-2-4-9-12;2*1-2/h2-10H,1H3;2*1-2H3. The molecule has 2 rings (SSSR count). The van der Waals surface area contributed by atoms with Crippen LogP contribution in [0.2, 0.25) is 0 Å². The SMILES string of the molecule is CC.CC.Cc1ccccc1-c1ccccc1. The Bertz CT molecular complexity index is 388. The molecule has 0 aliphatic rings. The van der Waals surface area contributed by atoms with Gasteiger partial charge in [0.05, 0.1) is 0 Å². The molecule has 2 aromatic rings. The van der Waals surface area contributed by atoms with Crippen LogP contribution >= 0.6 is 0 Å². The van der Waals surface area contributed by atoms with E-state index in [1.165, 1.54) is 16.7 Å². The smallest absolute Gasteiger partial charge is 0.0155 e. The van der Waals surface area contributed by atoms with E-state index in [1.807, 2.05) is 33.8 Å². The van der Waals surface area contributed by atoms with Gasteiger partial charge in [-0.15, -0.1) is 0 Å². The lowest BCUT2D eigenvalue weighted by Crippen LogP contribution is -1.80. The van der Waals surface area contributed by atoms with Crippen molar-refractivity contribution in [3.63, 3.8) is 0 Å². The van der Waals surface area contributed by atoms with Crippen molar-refractivity contribution in [2.24, 2.45) is 0 Å². The van der Waals surface area contributed by atoms with Crippen LogP contribution in [0, 0.1) is 6.92 Å². The van der Waals surface area contributed by atoms with Gasteiger partial charge in [0.2, 0.25) is 0 Å². The summed E-state index contributed by atoms with van der Waals surface area (Å²) in [5.74, 6) is 0. The van der Waals surface area contributed by atoms with E-state index < -0.39 is 0 Å². The van der Waals surface area contributed by atoms with Crippen LogP contribution in [-0.2, 0) is 0 Å². The second-order valence-electron chi connectivity index (χ2n) is 3.18. The highest BCUT2D eigenvalue weighted by atomic mass is 14.0. The number of hydrogen-bond donors (Lipinski definition) is 0. The Balaban J connectivity index is 0.000000581. The van der Waals surface area contributed by atoms with Crippen molar-refractivity contribution in [1.29, 1.82) is 0 Å². The molecular weight excluding hydrogens is 204 g/mol. The van der Waals surface area contributed by atoms with Gasteiger partial charge in [-0.3, -0.25) is 0 Å². The van der Waals surface area contributed by atoms with E-state index in [2.05, 4.69) is 55.5 Å². The first-order valence-corrected chi connectivity index (χ1v) is 6.49. The molecule has 0 N–H and O–H groups in total. The van der Waals surface area contributed by atoms with E-state index in [1.54, 1.807) is 0 Å². The van der Waals surface area contributed by atoms with Gasteiger partial charge >= 0.3 is 0 Å². The Morgan fingerprint density at radius 2 is 1.06 bits per heavy atom. The van der Waals surface area contributed by atoms with Crippen molar-refractivity contribution < 1.29 is 0 Å². The first-order chi connectivity index (χ1) is 8.38. The summed E-state index contributed by atoms with van der Waals surface area (Å²) < 4.78 is 0. The molecule has 17 heavy (non-hydrogen) atoms. The molecule has 0 saturated heterocycles. The Morgan fingerprint density at radius 3 is 1.59 bits per heavy atom. The molecule has 0 nitrogen and oxygen atoms in total. The molecule has 0 amide bonds. The molecule has 0 saturated carbocycles. The Kier molecular flexibility index (Phi) is 8.77. The van der Waals surface area contributed by atoms with E-state index >= 15 is 0 Å². The van der Waals surface area contributed by atoms with E-state index in [-0.39, 0.29) is 0 Å². The number of aryl methyl sites for hydroxylation is 1. The minimum absolute atomic E-state index is 1.29. The van der Waals surface area contributed by atoms with Gasteiger partial charge in [0.15, 0.2) is 0 Å². The fraction of sp³-hybridized carbons (Fsp3) is 0.294. The molecule has 0 bridgehead atoms. The summed E-state index contributed by atoms with van der Waals surface area (Å²) in [5, 5.41) is 0. The maximum absolute atomic E-state index is 2.16. The monoisotopic (exact) mass is 228 g/mol. The fourth-order valence-corrected chi connectivity index (χ4v) is 1.51. The lowest BCUT2D eigenvalue weighted by atomic mass is 10.0. The third-order valence-corrected chi connectivity index (χ3v) is 2.23. The molecule has 0 heterocycles. The van der Waals surface area contributed by atoms with Crippen LogP contribution in [-0.4, -0.2) is 0 Å². The minimum atomic E-state index is 1.29. The Morgan fingerprint density at radius 1 is 0.588 bits per heavy atom. The first-order valence-electron chi connectivity index (χ1n) is 6.49. The van der Waals surface area contributed by atoms with Crippen molar-refractivity contribution in [3.8, 4) is 11.1 Å². The van der Waals surface area contributed by atoms with Crippen LogP contribution in [0.3, 0.4) is 0 Å². The zero-order chi connectivity index (χ0) is 13.1. The predicted octanol–water partition coefficient (Wildman–Crippen LogP) is 5.71. The van der Waals surface area contributed by atoms with Crippen LogP contribution in [0.1, 0.15) is 33.3 Å². The quantitative estimate of drug-likeness (QED) is 0.586. The molecule has 0 aromatic heterocycles. The summed E-state index contributed by atoms with van der Waals surface area (Å²) in [6.07, 6.45) is 0. The number of benzene rings is 2. The lowest BCUT2D eigenvalue weighted by molar-refractivity contribution is 1.46. The molecule has 0 fully saturated rings. The third kappa shape index (κ3) is 4.86. The van der Waals surface area contributed by atoms with Gasteiger partial charge in [-0.2, -0.15) is 0 Å².